The van der Waals surface area contributed by atoms with Crippen LogP contribution in [0.4, 0.5) is 16.0 Å². The smallest absolute Gasteiger partial charge is 0.263 e. The molecule has 1 aromatic heterocycles. The molecule has 0 aliphatic carbocycles. The van der Waals surface area contributed by atoms with Gasteiger partial charge in [-0.25, -0.2) is 12.8 Å². The van der Waals surface area contributed by atoms with Crippen molar-refractivity contribution in [3.8, 4) is 0 Å². The predicted molar refractivity (Wildman–Crippen MR) is 99.7 cm³/mol. The molecule has 0 atom stereocenters. The lowest BCUT2D eigenvalue weighted by molar-refractivity contribution is 0.0398. The van der Waals surface area contributed by atoms with E-state index >= 15 is 0 Å². The van der Waals surface area contributed by atoms with Gasteiger partial charge in [0.15, 0.2) is 5.82 Å². The highest BCUT2D eigenvalue weighted by atomic mass is 32.2. The molecule has 2 N–H and O–H groups in total. The minimum Gasteiger partial charge on any atom is -0.379 e. The van der Waals surface area contributed by atoms with Crippen molar-refractivity contribution in [3.05, 3.63) is 41.7 Å². The summed E-state index contributed by atoms with van der Waals surface area (Å²) in [5.74, 6) is 0.167. The van der Waals surface area contributed by atoms with E-state index in [1.165, 1.54) is 25.1 Å². The topological polar surface area (TPSA) is 96.5 Å². The molecule has 1 fully saturated rings. The molecule has 2 heterocycles. The van der Waals surface area contributed by atoms with Gasteiger partial charge in [-0.15, -0.1) is 10.2 Å². The summed E-state index contributed by atoms with van der Waals surface area (Å²) in [4.78, 5) is 2.29. The number of rotatable bonds is 7. The third-order valence-corrected chi connectivity index (χ3v) is 5.68. The lowest BCUT2D eigenvalue weighted by atomic mass is 10.2. The van der Waals surface area contributed by atoms with Gasteiger partial charge in [-0.05, 0) is 42.8 Å². The zero-order valence-corrected chi connectivity index (χ0v) is 15.8. The lowest BCUT2D eigenvalue weighted by Crippen LogP contribution is -2.39. The minimum absolute atomic E-state index is 0.00147. The molecule has 10 heteroatoms. The number of anilines is 2. The van der Waals surface area contributed by atoms with E-state index in [1.54, 1.807) is 6.07 Å². The number of halogens is 1. The molecule has 1 saturated heterocycles. The minimum atomic E-state index is -3.86. The Bertz CT molecular complexity index is 871. The maximum absolute atomic E-state index is 13.2. The monoisotopic (exact) mass is 395 g/mol. The number of nitrogens with zero attached hydrogens (tertiary/aromatic N) is 3. The van der Waals surface area contributed by atoms with Gasteiger partial charge in [-0.2, -0.15) is 0 Å². The van der Waals surface area contributed by atoms with Gasteiger partial charge in [0, 0.05) is 26.2 Å². The van der Waals surface area contributed by atoms with Gasteiger partial charge in [0.1, 0.15) is 11.6 Å². The van der Waals surface area contributed by atoms with E-state index in [0.717, 1.165) is 38.9 Å². The maximum atomic E-state index is 13.2. The molecule has 27 heavy (non-hydrogen) atoms. The number of aromatic nitrogens is 2. The van der Waals surface area contributed by atoms with Crippen LogP contribution in [0.15, 0.2) is 35.2 Å². The van der Waals surface area contributed by atoms with Gasteiger partial charge in [-0.1, -0.05) is 0 Å². The number of nitrogens with one attached hydrogen (secondary N) is 2. The van der Waals surface area contributed by atoms with Gasteiger partial charge in [0.05, 0.1) is 18.1 Å². The van der Waals surface area contributed by atoms with E-state index < -0.39 is 15.8 Å². The van der Waals surface area contributed by atoms with E-state index in [-0.39, 0.29) is 10.7 Å². The number of ether oxygens (including phenoxy) is 1. The SMILES string of the molecule is Cc1cc(F)ccc1S(=O)(=O)Nc1ccc(NCCN2CCOCC2)nn1. The van der Waals surface area contributed by atoms with Gasteiger partial charge in [0.2, 0.25) is 0 Å². The second-order valence-electron chi connectivity index (χ2n) is 6.20. The Balaban J connectivity index is 1.56. The Morgan fingerprint density at radius 3 is 2.52 bits per heavy atom. The summed E-state index contributed by atoms with van der Waals surface area (Å²) in [6, 6.07) is 6.68. The van der Waals surface area contributed by atoms with Crippen molar-refractivity contribution >= 4 is 21.7 Å². The van der Waals surface area contributed by atoms with Crippen LogP contribution in [0, 0.1) is 12.7 Å². The van der Waals surface area contributed by atoms with E-state index in [0.29, 0.717) is 17.9 Å². The predicted octanol–water partition coefficient (Wildman–Crippen LogP) is 1.47. The standard InChI is InChI=1S/C17H22FN5O3S/c1-13-12-14(18)2-3-15(13)27(24,25)22-17-5-4-16(20-21-17)19-6-7-23-8-10-26-11-9-23/h2-5,12H,6-11H2,1H3,(H,19,20)(H,21,22). The van der Waals surface area contributed by atoms with E-state index in [4.69, 9.17) is 4.74 Å². The number of aryl methyl sites for hydroxylation is 1. The first kappa shape index (κ1) is 19.5. The molecule has 1 aromatic carbocycles. The van der Waals surface area contributed by atoms with Crippen LogP contribution in [0.3, 0.4) is 0 Å². The number of hydrogen-bond donors (Lipinski definition) is 2. The summed E-state index contributed by atoms with van der Waals surface area (Å²) in [5.41, 5.74) is 0.317. The van der Waals surface area contributed by atoms with Gasteiger partial charge in [-0.3, -0.25) is 9.62 Å². The zero-order chi connectivity index (χ0) is 19.3. The molecular weight excluding hydrogens is 373 g/mol. The fourth-order valence-electron chi connectivity index (χ4n) is 2.75. The maximum Gasteiger partial charge on any atom is 0.263 e. The number of sulfonamides is 1. The van der Waals surface area contributed by atoms with Crippen LogP contribution in [-0.2, 0) is 14.8 Å². The average molecular weight is 395 g/mol. The van der Waals surface area contributed by atoms with Crippen molar-refractivity contribution in [2.45, 2.75) is 11.8 Å². The first-order valence-corrected chi connectivity index (χ1v) is 10.1. The Kier molecular flexibility index (Phi) is 6.19. The van der Waals surface area contributed by atoms with E-state index in [2.05, 4.69) is 25.1 Å². The molecule has 2 aromatic rings. The molecule has 1 aliphatic rings. The average Bonchev–Trinajstić information content (AvgIpc) is 2.63. The molecule has 3 rings (SSSR count). The van der Waals surface area contributed by atoms with Gasteiger partial charge < -0.3 is 10.1 Å². The molecule has 0 bridgehead atoms. The summed E-state index contributed by atoms with van der Waals surface area (Å²) in [5, 5.41) is 11.0. The van der Waals surface area contributed by atoms with Crippen molar-refractivity contribution in [1.29, 1.82) is 0 Å². The van der Waals surface area contributed by atoms with Crippen LogP contribution in [0.1, 0.15) is 5.56 Å². The molecule has 1 aliphatic heterocycles. The second kappa shape index (κ2) is 8.59. The molecule has 0 radical (unpaired) electrons. The summed E-state index contributed by atoms with van der Waals surface area (Å²) in [7, 11) is -3.86. The molecule has 0 amide bonds. The Morgan fingerprint density at radius 1 is 1.15 bits per heavy atom. The van der Waals surface area contributed by atoms with Crippen molar-refractivity contribution in [1.82, 2.24) is 15.1 Å². The van der Waals surface area contributed by atoms with Crippen LogP contribution < -0.4 is 10.0 Å². The molecule has 0 unspecified atom stereocenters. The van der Waals surface area contributed by atoms with Gasteiger partial charge in [0.25, 0.3) is 10.0 Å². The first-order chi connectivity index (χ1) is 12.9. The normalized spacial score (nSPS) is 15.5. The summed E-state index contributed by atoms with van der Waals surface area (Å²) in [6.45, 7) is 6.43. The van der Waals surface area contributed by atoms with Crippen molar-refractivity contribution in [2.24, 2.45) is 0 Å². The summed E-state index contributed by atoms with van der Waals surface area (Å²) in [6.07, 6.45) is 0. The number of hydrogen-bond acceptors (Lipinski definition) is 7. The molecular formula is C17H22FN5O3S. The molecule has 0 saturated carbocycles. The summed E-state index contributed by atoms with van der Waals surface area (Å²) < 4.78 is 45.7. The molecule has 0 spiro atoms. The third kappa shape index (κ3) is 5.34. The Hall–Kier alpha value is -2.30. The highest BCUT2D eigenvalue weighted by Crippen LogP contribution is 2.19. The Labute approximate surface area is 157 Å². The largest absolute Gasteiger partial charge is 0.379 e. The van der Waals surface area contributed by atoms with Crippen LogP contribution in [0.5, 0.6) is 0 Å². The van der Waals surface area contributed by atoms with Crippen LogP contribution in [-0.4, -0.2) is 62.9 Å². The Morgan fingerprint density at radius 2 is 1.85 bits per heavy atom. The third-order valence-electron chi connectivity index (χ3n) is 4.17. The molecule has 8 nitrogen and oxygen atoms in total. The van der Waals surface area contributed by atoms with Crippen LogP contribution in [0.2, 0.25) is 0 Å². The highest BCUT2D eigenvalue weighted by Gasteiger charge is 2.18. The fourth-order valence-corrected chi connectivity index (χ4v) is 3.98. The summed E-state index contributed by atoms with van der Waals surface area (Å²) >= 11 is 0. The fraction of sp³-hybridized carbons (Fsp3) is 0.412. The van der Waals surface area contributed by atoms with Crippen LogP contribution >= 0.6 is 0 Å². The van der Waals surface area contributed by atoms with Crippen LogP contribution in [0.25, 0.3) is 0 Å². The lowest BCUT2D eigenvalue weighted by Gasteiger charge is -2.26. The molecule has 146 valence electrons. The first-order valence-electron chi connectivity index (χ1n) is 8.61. The second-order valence-corrected chi connectivity index (χ2v) is 7.85. The number of morpholine rings is 1. The highest BCUT2D eigenvalue weighted by molar-refractivity contribution is 7.92. The van der Waals surface area contributed by atoms with Crippen molar-refractivity contribution in [2.75, 3.05) is 49.4 Å². The van der Waals surface area contributed by atoms with Gasteiger partial charge >= 0.3 is 0 Å². The van der Waals surface area contributed by atoms with E-state index in [9.17, 15) is 12.8 Å². The van der Waals surface area contributed by atoms with E-state index in [1.807, 2.05) is 0 Å². The quantitative estimate of drug-likeness (QED) is 0.733. The van der Waals surface area contributed by atoms with Crippen molar-refractivity contribution in [3.63, 3.8) is 0 Å². The zero-order valence-electron chi connectivity index (χ0n) is 15.0. The number of benzene rings is 1. The van der Waals surface area contributed by atoms with Crippen molar-refractivity contribution < 1.29 is 17.5 Å².